The maximum Gasteiger partial charge on any atom is 0.341 e. The second kappa shape index (κ2) is 9.58. The van der Waals surface area contributed by atoms with Crippen LogP contribution in [0.3, 0.4) is 0 Å². The molecule has 2 aliphatic rings. The molecule has 1 aromatic carbocycles. The number of rotatable bonds is 7. The first-order valence-corrected chi connectivity index (χ1v) is 12.4. The van der Waals surface area contributed by atoms with Crippen molar-refractivity contribution in [1.29, 1.82) is 0 Å². The molecule has 4 amide bonds. The molecule has 9 heteroatoms. The van der Waals surface area contributed by atoms with Crippen LogP contribution in [0.4, 0.5) is 9.80 Å². The van der Waals surface area contributed by atoms with E-state index in [9.17, 15) is 19.2 Å². The first kappa shape index (κ1) is 23.9. The number of nitrogens with one attached hydrogen (secondary N) is 2. The number of carbonyl (C=O) groups excluding carboxylic acids is 4. The molecule has 1 aromatic heterocycles. The van der Waals surface area contributed by atoms with E-state index in [1.54, 1.807) is 31.2 Å². The van der Waals surface area contributed by atoms with Gasteiger partial charge in [-0.05, 0) is 49.7 Å². The van der Waals surface area contributed by atoms with Crippen LogP contribution in [0.15, 0.2) is 30.3 Å². The van der Waals surface area contributed by atoms with Gasteiger partial charge in [-0.3, -0.25) is 14.5 Å². The zero-order chi connectivity index (χ0) is 24.5. The van der Waals surface area contributed by atoms with Crippen LogP contribution >= 0.6 is 11.3 Å². The van der Waals surface area contributed by atoms with Crippen LogP contribution < -0.4 is 10.6 Å². The van der Waals surface area contributed by atoms with Crippen molar-refractivity contribution >= 4 is 40.2 Å². The highest BCUT2D eigenvalue weighted by atomic mass is 32.1. The number of ether oxygens (including phenoxy) is 1. The number of amides is 4. The van der Waals surface area contributed by atoms with Gasteiger partial charge < -0.3 is 15.4 Å². The molecule has 1 aliphatic heterocycles. The molecule has 2 unspecified atom stereocenters. The van der Waals surface area contributed by atoms with Crippen molar-refractivity contribution in [3.63, 3.8) is 0 Å². The molecule has 2 N–H and O–H groups in total. The lowest BCUT2D eigenvalue weighted by molar-refractivity contribution is -0.134. The fourth-order valence-corrected chi connectivity index (χ4v) is 6.11. The van der Waals surface area contributed by atoms with Crippen molar-refractivity contribution in [3.8, 4) is 0 Å². The molecule has 0 saturated carbocycles. The Morgan fingerprint density at radius 1 is 1.24 bits per heavy atom. The summed E-state index contributed by atoms with van der Waals surface area (Å²) >= 11 is 1.37. The zero-order valence-corrected chi connectivity index (χ0v) is 20.4. The zero-order valence-electron chi connectivity index (χ0n) is 19.6. The Balaban J connectivity index is 1.56. The van der Waals surface area contributed by atoms with E-state index in [1.165, 1.54) is 11.3 Å². The lowest BCUT2D eigenvalue weighted by atomic mass is 9.87. The van der Waals surface area contributed by atoms with E-state index >= 15 is 0 Å². The monoisotopic (exact) mass is 483 g/mol. The molecule has 8 nitrogen and oxygen atoms in total. The van der Waals surface area contributed by atoms with E-state index in [4.69, 9.17) is 4.74 Å². The van der Waals surface area contributed by atoms with E-state index in [1.807, 2.05) is 13.0 Å². The van der Waals surface area contributed by atoms with E-state index in [0.29, 0.717) is 28.5 Å². The quantitative estimate of drug-likeness (QED) is 0.460. The van der Waals surface area contributed by atoms with E-state index in [0.717, 1.165) is 34.6 Å². The predicted octanol–water partition coefficient (Wildman–Crippen LogP) is 3.85. The topological polar surface area (TPSA) is 105 Å². The number of imide groups is 1. The molecule has 34 heavy (non-hydrogen) atoms. The maximum absolute atomic E-state index is 13.3. The summed E-state index contributed by atoms with van der Waals surface area (Å²) < 4.78 is 5.25. The van der Waals surface area contributed by atoms with Crippen molar-refractivity contribution in [3.05, 3.63) is 51.9 Å². The fraction of sp³-hybridized carbons (Fsp3) is 0.440. The first-order chi connectivity index (χ1) is 16.3. The van der Waals surface area contributed by atoms with Gasteiger partial charge in [0.2, 0.25) is 5.91 Å². The Hall–Kier alpha value is -3.20. The molecular weight excluding hydrogens is 454 g/mol. The third-order valence-electron chi connectivity index (χ3n) is 6.52. The lowest BCUT2D eigenvalue weighted by Gasteiger charge is -2.25. The summed E-state index contributed by atoms with van der Waals surface area (Å²) in [6, 6.07) is 8.40. The Kier molecular flexibility index (Phi) is 6.74. The average molecular weight is 484 g/mol. The van der Waals surface area contributed by atoms with E-state index in [-0.39, 0.29) is 6.61 Å². The van der Waals surface area contributed by atoms with Crippen LogP contribution in [0.2, 0.25) is 0 Å². The third-order valence-corrected chi connectivity index (χ3v) is 7.69. The second-order valence-corrected chi connectivity index (χ2v) is 9.88. The SMILES string of the molecule is CCOC(=O)c1c(NC(=O)CN2C(=O)NC(CC)(c3ccccc3)C2=O)sc2c1CCC(C)C2. The standard InChI is InChI=1S/C25H29N3O5S/c1-4-25(16-9-7-6-8-10-16)23(31)28(24(32)27-25)14-19(29)26-21-20(22(30)33-5-2)17-12-11-15(3)13-18(17)34-21/h6-10,15H,4-5,11-14H2,1-3H3,(H,26,29)(H,27,32). The highest BCUT2D eigenvalue weighted by molar-refractivity contribution is 7.17. The Morgan fingerprint density at radius 2 is 1.97 bits per heavy atom. The van der Waals surface area contributed by atoms with Gasteiger partial charge in [-0.1, -0.05) is 44.2 Å². The van der Waals surface area contributed by atoms with Gasteiger partial charge in [-0.25, -0.2) is 9.59 Å². The highest BCUT2D eigenvalue weighted by Crippen LogP contribution is 2.40. The third kappa shape index (κ3) is 4.20. The van der Waals surface area contributed by atoms with E-state index in [2.05, 4.69) is 17.6 Å². The van der Waals surface area contributed by atoms with Crippen molar-refractivity contribution in [1.82, 2.24) is 10.2 Å². The molecular formula is C25H29N3O5S. The highest BCUT2D eigenvalue weighted by Gasteiger charge is 2.51. The maximum atomic E-state index is 13.3. The van der Waals surface area contributed by atoms with Gasteiger partial charge in [0.05, 0.1) is 12.2 Å². The average Bonchev–Trinajstić information content (AvgIpc) is 3.29. The largest absolute Gasteiger partial charge is 0.462 e. The summed E-state index contributed by atoms with van der Waals surface area (Å²) in [5, 5.41) is 5.98. The van der Waals surface area contributed by atoms with Gasteiger partial charge in [0, 0.05) is 4.88 Å². The van der Waals surface area contributed by atoms with Gasteiger partial charge in [0.1, 0.15) is 17.1 Å². The summed E-state index contributed by atoms with van der Waals surface area (Å²) in [6.07, 6.45) is 2.90. The number of hydrogen-bond donors (Lipinski definition) is 2. The molecule has 0 bridgehead atoms. The van der Waals surface area contributed by atoms with Crippen molar-refractivity contribution in [2.24, 2.45) is 5.92 Å². The summed E-state index contributed by atoms with van der Waals surface area (Å²) in [4.78, 5) is 53.7. The molecule has 0 radical (unpaired) electrons. The summed E-state index contributed by atoms with van der Waals surface area (Å²) in [7, 11) is 0. The normalized spacial score (nSPS) is 21.7. The molecule has 1 fully saturated rings. The molecule has 2 aromatic rings. The van der Waals surface area contributed by atoms with Gasteiger partial charge in [-0.15, -0.1) is 11.3 Å². The molecule has 4 rings (SSSR count). The summed E-state index contributed by atoms with van der Waals surface area (Å²) in [6.45, 7) is 5.50. The van der Waals surface area contributed by atoms with E-state index < -0.39 is 35.9 Å². The van der Waals surface area contributed by atoms with Crippen LogP contribution in [0.5, 0.6) is 0 Å². The van der Waals surface area contributed by atoms with Crippen LogP contribution in [-0.4, -0.2) is 41.9 Å². The molecule has 2 heterocycles. The molecule has 2 atom stereocenters. The number of carbonyl (C=O) groups is 4. The fourth-order valence-electron chi connectivity index (χ4n) is 4.70. The van der Waals surface area contributed by atoms with Crippen LogP contribution in [0, 0.1) is 5.92 Å². The van der Waals surface area contributed by atoms with Crippen molar-refractivity contribution < 1.29 is 23.9 Å². The number of esters is 1. The summed E-state index contributed by atoms with van der Waals surface area (Å²) in [5.74, 6) is -0.975. The Labute approximate surface area is 202 Å². The number of hydrogen-bond acceptors (Lipinski definition) is 6. The number of nitrogens with zero attached hydrogens (tertiary/aromatic N) is 1. The van der Waals surface area contributed by atoms with Gasteiger partial charge in [0.25, 0.3) is 5.91 Å². The number of thiophene rings is 1. The predicted molar refractivity (Wildman–Crippen MR) is 129 cm³/mol. The number of anilines is 1. The van der Waals surface area contributed by atoms with Crippen molar-refractivity contribution in [2.45, 2.75) is 52.0 Å². The second-order valence-electron chi connectivity index (χ2n) is 8.77. The molecule has 0 spiro atoms. The minimum absolute atomic E-state index is 0.230. The number of benzene rings is 1. The minimum atomic E-state index is -1.20. The van der Waals surface area contributed by atoms with Crippen molar-refractivity contribution in [2.75, 3.05) is 18.5 Å². The Bertz CT molecular complexity index is 1130. The molecule has 1 aliphatic carbocycles. The Morgan fingerprint density at radius 3 is 2.65 bits per heavy atom. The summed E-state index contributed by atoms with van der Waals surface area (Å²) in [5.41, 5.74) is 0.795. The number of fused-ring (bicyclic) bond motifs is 1. The minimum Gasteiger partial charge on any atom is -0.462 e. The first-order valence-electron chi connectivity index (χ1n) is 11.6. The van der Waals surface area contributed by atoms with Crippen LogP contribution in [-0.2, 0) is 32.7 Å². The van der Waals surface area contributed by atoms with Crippen LogP contribution in [0.1, 0.15) is 60.0 Å². The van der Waals surface area contributed by atoms with Gasteiger partial charge in [0.15, 0.2) is 0 Å². The lowest BCUT2D eigenvalue weighted by Crippen LogP contribution is -2.44. The van der Waals surface area contributed by atoms with Gasteiger partial charge in [-0.2, -0.15) is 0 Å². The number of urea groups is 1. The molecule has 180 valence electrons. The van der Waals surface area contributed by atoms with Crippen LogP contribution in [0.25, 0.3) is 0 Å². The smallest absolute Gasteiger partial charge is 0.341 e. The molecule has 1 saturated heterocycles. The van der Waals surface area contributed by atoms with Gasteiger partial charge >= 0.3 is 12.0 Å².